The monoisotopic (exact) mass is 318 g/mol. The number of benzene rings is 1. The van der Waals surface area contributed by atoms with Crippen molar-refractivity contribution in [2.75, 3.05) is 12.3 Å². The lowest BCUT2D eigenvalue weighted by Gasteiger charge is -2.07. The number of hydrogen-bond acceptors (Lipinski definition) is 6. The summed E-state index contributed by atoms with van der Waals surface area (Å²) >= 11 is 5.81. The van der Waals surface area contributed by atoms with Gasteiger partial charge in [0.25, 0.3) is 0 Å². The smallest absolute Gasteiger partial charge is 0.341 e. The Balaban J connectivity index is 2.32. The quantitative estimate of drug-likeness (QED) is 0.675. The maximum Gasteiger partial charge on any atom is 0.341 e. The molecule has 0 bridgehead atoms. The van der Waals surface area contributed by atoms with Crippen LogP contribution in [-0.2, 0) is 4.74 Å². The van der Waals surface area contributed by atoms with Crippen molar-refractivity contribution in [3.8, 4) is 0 Å². The predicted molar refractivity (Wildman–Crippen MR) is 85.0 cm³/mol. The number of esters is 1. The Morgan fingerprint density at radius 3 is 2.64 bits per heavy atom. The number of anilines is 1. The number of ether oxygens (including phenoxy) is 1. The highest BCUT2D eigenvalue weighted by Crippen LogP contribution is 2.25. The maximum absolute atomic E-state index is 11.8. The first-order chi connectivity index (χ1) is 10.5. The molecule has 0 atom stereocenters. The Morgan fingerprint density at radius 1 is 1.32 bits per heavy atom. The number of azo groups is 1. The lowest BCUT2D eigenvalue weighted by atomic mass is 10.2. The Labute approximate surface area is 133 Å². The molecular weight excluding hydrogens is 304 g/mol. The third-order valence-electron chi connectivity index (χ3n) is 2.81. The molecule has 1 aromatic carbocycles. The lowest BCUT2D eigenvalue weighted by Crippen LogP contribution is -2.09. The zero-order chi connectivity index (χ0) is 16.1. The van der Waals surface area contributed by atoms with Gasteiger partial charge in [0, 0.05) is 5.02 Å². The molecule has 0 fully saturated rings. The number of aromatic nitrogens is 1. The summed E-state index contributed by atoms with van der Waals surface area (Å²) in [6, 6.07) is 8.42. The molecule has 22 heavy (non-hydrogen) atoms. The van der Waals surface area contributed by atoms with Crippen LogP contribution >= 0.6 is 11.6 Å². The summed E-state index contributed by atoms with van der Waals surface area (Å²) in [6.45, 7) is 3.71. The van der Waals surface area contributed by atoms with Crippen molar-refractivity contribution in [1.82, 2.24) is 4.98 Å². The molecule has 0 unspecified atom stereocenters. The van der Waals surface area contributed by atoms with E-state index in [1.807, 2.05) is 0 Å². The van der Waals surface area contributed by atoms with Crippen molar-refractivity contribution in [1.29, 1.82) is 0 Å². The van der Waals surface area contributed by atoms with Gasteiger partial charge in [-0.25, -0.2) is 9.78 Å². The van der Waals surface area contributed by atoms with Gasteiger partial charge in [0.1, 0.15) is 17.1 Å². The fourth-order valence-electron chi connectivity index (χ4n) is 1.71. The molecule has 2 rings (SSSR count). The van der Waals surface area contributed by atoms with Crippen LogP contribution in [0.15, 0.2) is 40.6 Å². The van der Waals surface area contributed by atoms with Gasteiger partial charge in [-0.3, -0.25) is 0 Å². The van der Waals surface area contributed by atoms with E-state index in [4.69, 9.17) is 22.1 Å². The highest BCUT2D eigenvalue weighted by atomic mass is 35.5. The predicted octanol–water partition coefficient (Wildman–Crippen LogP) is 4.22. The normalized spacial score (nSPS) is 10.9. The van der Waals surface area contributed by atoms with Crippen LogP contribution in [0.25, 0.3) is 0 Å². The second kappa shape index (κ2) is 7.00. The van der Waals surface area contributed by atoms with E-state index in [-0.39, 0.29) is 18.0 Å². The van der Waals surface area contributed by atoms with Gasteiger partial charge in [-0.15, -0.1) is 5.11 Å². The SMILES string of the molecule is CCOC(=O)c1cc(N=Nc2ccc(Cl)cc2)c(C)nc1N. The average molecular weight is 319 g/mol. The van der Waals surface area contributed by atoms with Gasteiger partial charge >= 0.3 is 5.97 Å². The molecule has 2 N–H and O–H groups in total. The third-order valence-corrected chi connectivity index (χ3v) is 3.06. The van der Waals surface area contributed by atoms with E-state index in [0.29, 0.717) is 22.1 Å². The van der Waals surface area contributed by atoms with Crippen LogP contribution in [0.2, 0.25) is 5.02 Å². The van der Waals surface area contributed by atoms with Crippen molar-refractivity contribution in [2.24, 2.45) is 10.2 Å². The number of pyridine rings is 1. The summed E-state index contributed by atoms with van der Waals surface area (Å²) in [7, 11) is 0. The van der Waals surface area contributed by atoms with Crippen LogP contribution in [0.5, 0.6) is 0 Å². The molecule has 1 aromatic heterocycles. The second-order valence-electron chi connectivity index (χ2n) is 4.42. The number of nitrogens with two attached hydrogens (primary N) is 1. The largest absolute Gasteiger partial charge is 0.462 e. The van der Waals surface area contributed by atoms with Crippen LogP contribution in [-0.4, -0.2) is 17.6 Å². The second-order valence-corrected chi connectivity index (χ2v) is 4.86. The number of aryl methyl sites for hydroxylation is 1. The molecule has 0 amide bonds. The van der Waals surface area contributed by atoms with Crippen LogP contribution in [0.1, 0.15) is 23.0 Å². The third kappa shape index (κ3) is 3.79. The number of rotatable bonds is 4. The summed E-state index contributed by atoms with van der Waals surface area (Å²) < 4.78 is 4.93. The molecule has 0 aliphatic carbocycles. The van der Waals surface area contributed by atoms with Crippen LogP contribution in [0, 0.1) is 6.92 Å². The molecule has 7 heteroatoms. The molecule has 0 spiro atoms. The van der Waals surface area contributed by atoms with Crippen LogP contribution in [0.3, 0.4) is 0 Å². The molecule has 0 radical (unpaired) electrons. The maximum atomic E-state index is 11.8. The van der Waals surface area contributed by atoms with Gasteiger partial charge < -0.3 is 10.5 Å². The molecule has 6 nitrogen and oxygen atoms in total. The minimum Gasteiger partial charge on any atom is -0.462 e. The zero-order valence-electron chi connectivity index (χ0n) is 12.2. The number of nitrogen functional groups attached to an aromatic ring is 1. The molecule has 2 aromatic rings. The van der Waals surface area contributed by atoms with Crippen molar-refractivity contribution >= 4 is 34.8 Å². The average Bonchev–Trinajstić information content (AvgIpc) is 2.48. The Bertz CT molecular complexity index is 714. The van der Waals surface area contributed by atoms with E-state index in [9.17, 15) is 4.79 Å². The molecule has 114 valence electrons. The topological polar surface area (TPSA) is 89.9 Å². The molecular formula is C15H15ClN4O2. The van der Waals surface area contributed by atoms with E-state index in [0.717, 1.165) is 0 Å². The Kier molecular flexibility index (Phi) is 5.06. The number of carbonyl (C=O) groups excluding carboxylic acids is 1. The van der Waals surface area contributed by atoms with E-state index >= 15 is 0 Å². The van der Waals surface area contributed by atoms with Crippen molar-refractivity contribution < 1.29 is 9.53 Å². The molecule has 0 aliphatic heterocycles. The summed E-state index contributed by atoms with van der Waals surface area (Å²) in [5.41, 5.74) is 7.59. The van der Waals surface area contributed by atoms with Crippen molar-refractivity contribution in [3.63, 3.8) is 0 Å². The van der Waals surface area contributed by atoms with E-state index in [1.165, 1.54) is 6.07 Å². The standard InChI is InChI=1S/C15H15ClN4O2/c1-3-22-15(21)12-8-13(9(2)18-14(12)17)20-19-11-6-4-10(16)5-7-11/h4-8H,3H2,1-2H3,(H2,17,18). The van der Waals surface area contributed by atoms with Gasteiger partial charge in [-0.05, 0) is 44.2 Å². The van der Waals surface area contributed by atoms with Gasteiger partial charge in [0.15, 0.2) is 0 Å². The number of hydrogen-bond donors (Lipinski definition) is 1. The van der Waals surface area contributed by atoms with Crippen molar-refractivity contribution in [2.45, 2.75) is 13.8 Å². The minimum atomic E-state index is -0.532. The molecule has 1 heterocycles. The summed E-state index contributed by atoms with van der Waals surface area (Å²) in [6.07, 6.45) is 0. The number of carbonyl (C=O) groups is 1. The number of halogens is 1. The van der Waals surface area contributed by atoms with Gasteiger partial charge in [-0.2, -0.15) is 5.11 Å². The van der Waals surface area contributed by atoms with E-state index < -0.39 is 5.97 Å². The Morgan fingerprint density at radius 2 is 2.00 bits per heavy atom. The van der Waals surface area contributed by atoms with Crippen molar-refractivity contribution in [3.05, 3.63) is 46.6 Å². The first-order valence-corrected chi connectivity index (χ1v) is 7.00. The van der Waals surface area contributed by atoms with Crippen LogP contribution in [0.4, 0.5) is 17.2 Å². The highest BCUT2D eigenvalue weighted by Gasteiger charge is 2.15. The first-order valence-electron chi connectivity index (χ1n) is 6.62. The summed E-state index contributed by atoms with van der Waals surface area (Å²) in [5.74, 6) is -0.420. The lowest BCUT2D eigenvalue weighted by molar-refractivity contribution is 0.0527. The minimum absolute atomic E-state index is 0.112. The fraction of sp³-hybridized carbons (Fsp3) is 0.200. The molecule has 0 saturated carbocycles. The highest BCUT2D eigenvalue weighted by molar-refractivity contribution is 6.30. The van der Waals surface area contributed by atoms with Gasteiger partial charge in [0.05, 0.1) is 18.0 Å². The summed E-state index contributed by atoms with van der Waals surface area (Å²) in [5, 5.41) is 8.81. The Hall–Kier alpha value is -2.47. The molecule has 0 saturated heterocycles. The molecule has 0 aliphatic rings. The van der Waals surface area contributed by atoms with E-state index in [1.54, 1.807) is 38.1 Å². The van der Waals surface area contributed by atoms with Gasteiger partial charge in [-0.1, -0.05) is 11.6 Å². The van der Waals surface area contributed by atoms with Gasteiger partial charge in [0.2, 0.25) is 0 Å². The van der Waals surface area contributed by atoms with Crippen LogP contribution < -0.4 is 5.73 Å². The summed E-state index contributed by atoms with van der Waals surface area (Å²) in [4.78, 5) is 15.9. The fourth-order valence-corrected chi connectivity index (χ4v) is 1.83. The van der Waals surface area contributed by atoms with E-state index in [2.05, 4.69) is 15.2 Å². The number of nitrogens with zero attached hydrogens (tertiary/aromatic N) is 3. The zero-order valence-corrected chi connectivity index (χ0v) is 13.0. The first kappa shape index (κ1) is 15.9.